The molecule has 0 aliphatic carbocycles. The van der Waals surface area contributed by atoms with Gasteiger partial charge in [-0.3, -0.25) is 0 Å². The molecule has 0 spiro atoms. The van der Waals surface area contributed by atoms with Gasteiger partial charge in [0.25, 0.3) is 0 Å². The number of esters is 3. The van der Waals surface area contributed by atoms with Crippen LogP contribution in [0.2, 0.25) is 0 Å². The summed E-state index contributed by atoms with van der Waals surface area (Å²) in [5.41, 5.74) is -5.96. The van der Waals surface area contributed by atoms with Crippen molar-refractivity contribution in [3.63, 3.8) is 0 Å². The quantitative estimate of drug-likeness (QED) is 0.0699. The van der Waals surface area contributed by atoms with Crippen LogP contribution >= 0.6 is 0 Å². The fourth-order valence-corrected chi connectivity index (χ4v) is 1.95. The molecule has 0 aliphatic rings. The van der Waals surface area contributed by atoms with Crippen LogP contribution in [-0.4, -0.2) is 37.6 Å². The molecule has 240 valence electrons. The van der Waals surface area contributed by atoms with Crippen LogP contribution in [0.25, 0.3) is 0 Å². The van der Waals surface area contributed by atoms with Crippen LogP contribution < -0.4 is 0 Å². The summed E-state index contributed by atoms with van der Waals surface area (Å²) in [6, 6.07) is -0.649. The fraction of sp³-hybridized carbons (Fsp3) is 0.750. The van der Waals surface area contributed by atoms with Crippen molar-refractivity contribution in [2.75, 3.05) is 19.7 Å². The molecule has 0 N–H and O–H groups in total. The second-order valence-electron chi connectivity index (χ2n) is 5.86. The Balaban J connectivity index is 4.61. The highest BCUT2D eigenvalue weighted by Gasteiger charge is 2.22. The second-order valence-corrected chi connectivity index (χ2v) is 5.86. The zero-order valence-corrected chi connectivity index (χ0v) is 20.7. The molecule has 42 heavy (non-hydrogen) atoms. The van der Waals surface area contributed by atoms with Crippen molar-refractivity contribution >= 4 is 17.9 Å². The summed E-state index contributed by atoms with van der Waals surface area (Å²) in [7, 11) is 0. The van der Waals surface area contributed by atoms with Crippen molar-refractivity contribution in [1.29, 1.82) is 0 Å². The van der Waals surface area contributed by atoms with E-state index in [9.17, 15) is 14.4 Å². The lowest BCUT2D eigenvalue weighted by Gasteiger charge is -2.12. The first-order chi connectivity index (χ1) is 42.0. The molecule has 1 aromatic rings. The summed E-state index contributed by atoms with van der Waals surface area (Å²) in [5, 5.41) is 0. The number of hydrogen-bond acceptors (Lipinski definition) is 6. The number of ether oxygens (including phenoxy) is 3. The van der Waals surface area contributed by atoms with Crippen molar-refractivity contribution < 1.29 is 107 Å². The molecule has 0 unspecified atom stereocenters. The minimum absolute atomic E-state index is 0.0571. The summed E-state index contributed by atoms with van der Waals surface area (Å²) in [6.07, 6.45) is -105. The molecule has 0 amide bonds. The van der Waals surface area contributed by atoms with E-state index in [1.807, 2.05) is 0 Å². The Bertz CT molecular complexity index is 3170. The predicted octanol–water partition coefficient (Wildman–Crippen LogP) is 10.4. The number of hydrogen-bond donors (Lipinski definition) is 0. The highest BCUT2D eigenvalue weighted by molar-refractivity contribution is 6.05. The Morgan fingerprint density at radius 2 is 0.857 bits per heavy atom. The largest absolute Gasteiger partial charge is 0.462 e. The molecule has 6 heteroatoms. The first-order valence-electron chi connectivity index (χ1n) is 38.8. The van der Waals surface area contributed by atoms with Crippen LogP contribution in [0.15, 0.2) is 18.2 Å². The maximum absolute atomic E-state index is 14.3. The van der Waals surface area contributed by atoms with Gasteiger partial charge in [0.2, 0.25) is 0 Å². The Kier molecular flexibility index (Phi) is 3.96. The van der Waals surface area contributed by atoms with Crippen molar-refractivity contribution in [2.45, 2.75) is 154 Å². The highest BCUT2D eigenvalue weighted by Crippen LogP contribution is 2.18. The summed E-state index contributed by atoms with van der Waals surface area (Å²) in [6.45, 7) is -28.0. The lowest BCUT2D eigenvalue weighted by molar-refractivity contribution is 0.0448. The van der Waals surface area contributed by atoms with E-state index in [0.29, 0.717) is 0 Å². The molecule has 6 nitrogen and oxygen atoms in total. The summed E-state index contributed by atoms with van der Waals surface area (Å²) >= 11 is 0. The third-order valence-corrected chi connectivity index (χ3v) is 3.40. The van der Waals surface area contributed by atoms with Crippen LogP contribution in [-0.2, 0) is 14.2 Å². The molecule has 0 aliphatic heterocycles. The van der Waals surface area contributed by atoms with Gasteiger partial charge in [0, 0.05) is 69.9 Å². The predicted molar refractivity (Wildman–Crippen MR) is 171 cm³/mol. The average molecular weight is 646 g/mol. The third kappa shape index (κ3) is 18.2. The molecule has 0 atom stereocenters. The normalized spacial score (nSPS) is 40.1. The molecule has 0 fully saturated rings. The number of rotatable bonds is 27. The van der Waals surface area contributed by atoms with Crippen LogP contribution in [0.4, 0.5) is 0 Å². The van der Waals surface area contributed by atoms with E-state index in [2.05, 4.69) is 14.2 Å². The number of benzene rings is 1. The topological polar surface area (TPSA) is 78.9 Å². The van der Waals surface area contributed by atoms with Gasteiger partial charge in [0.1, 0.15) is 0 Å². The third-order valence-electron chi connectivity index (χ3n) is 3.40. The fourth-order valence-electron chi connectivity index (χ4n) is 1.95. The lowest BCUT2D eigenvalue weighted by Crippen LogP contribution is -2.17. The van der Waals surface area contributed by atoms with Crippen LogP contribution in [0, 0.1) is 0 Å². The van der Waals surface area contributed by atoms with Crippen molar-refractivity contribution in [2.24, 2.45) is 0 Å². The van der Waals surface area contributed by atoms with E-state index in [1.165, 1.54) is 0 Å². The first-order valence-corrected chi connectivity index (χ1v) is 10.3. The smallest absolute Gasteiger partial charge is 0.339 e. The van der Waals surface area contributed by atoms with Crippen LogP contribution in [0.1, 0.15) is 264 Å². The molecule has 0 bridgehead atoms. The molecule has 1 aromatic carbocycles. The molecule has 0 aromatic heterocycles. The van der Waals surface area contributed by atoms with Gasteiger partial charge < -0.3 is 14.2 Å². The Morgan fingerprint density at radius 3 is 1.29 bits per heavy atom. The molecule has 0 heterocycles. The zero-order chi connectivity index (χ0) is 81.2. The van der Waals surface area contributed by atoms with E-state index in [4.69, 9.17) is 78.1 Å². The Labute approximate surface area is 336 Å². The lowest BCUT2D eigenvalue weighted by atomic mass is 10.0. The SMILES string of the molecule is [2H]C([2H])([2H])C([2H])([2H])C([2H])([2H])C([2H])([2H])C([2H])([2H])C([2H])([2H])C([2H])([2H])C([2H])([2H])C([2H])([2H])OC(=O)c1ccc(C(=O)OC([2H])([2H])C([2H])([2H])C([2H])([2H])C([2H])([2H])C([2H])([2H])C([2H])([2H])C([2H])([2H])C([2H])([2H])C([2H])([2H])[2H])c(C(=O)OC([2H])([2H])C([2H])([2H])C([2H])([2H])C([2H])([2H])C([2H])([2H])C([2H])([2H])C([2H])([2H])C([2H])([2H])C([2H])([2H])[2H])c1. The first kappa shape index (κ1) is 6.33. The van der Waals surface area contributed by atoms with Gasteiger partial charge in [0.05, 0.1) is 44.6 Å². The van der Waals surface area contributed by atoms with Gasteiger partial charge in [-0.05, 0) is 37.3 Å². The average Bonchev–Trinajstić information content (AvgIpc) is 0.701. The Morgan fingerprint density at radius 1 is 0.500 bits per heavy atom. The van der Waals surface area contributed by atoms with Gasteiger partial charge in [-0.15, -0.1) is 0 Å². The van der Waals surface area contributed by atoms with Crippen molar-refractivity contribution in [3.8, 4) is 0 Å². The highest BCUT2D eigenvalue weighted by atomic mass is 16.5. The minimum atomic E-state index is -5.27. The summed E-state index contributed by atoms with van der Waals surface area (Å²) in [5.74, 6) is -8.46. The van der Waals surface area contributed by atoms with Gasteiger partial charge >= 0.3 is 17.9 Å². The van der Waals surface area contributed by atoms with Gasteiger partial charge in [0.15, 0.2) is 0 Å². The van der Waals surface area contributed by atoms with E-state index in [-0.39, 0.29) is 12.1 Å². The van der Waals surface area contributed by atoms with Crippen molar-refractivity contribution in [1.82, 2.24) is 0 Å². The van der Waals surface area contributed by atoms with Gasteiger partial charge in [-0.2, -0.15) is 0 Å². The van der Waals surface area contributed by atoms with Crippen LogP contribution in [0.3, 0.4) is 0 Å². The summed E-state index contributed by atoms with van der Waals surface area (Å²) < 4.78 is 472. The standard InChI is InChI=1S/C36H60O6/c1-4-7-10-13-16-19-22-27-40-34(37)31-25-26-32(35(38)41-28-23-20-17-14-11-8-5-2)33(30-31)36(39)42-29-24-21-18-15-12-9-6-3/h25-26,30H,4-24,27-29H2,1-3H3/i1D3,2D3,3D3,4D2,5D2,6D2,7D2,8D2,9D2,10D2,11D2,12D2,13D2,14D2,15D2,16D2,17D2,18D2,19D2,20D2,21D2,22D2,23D2,24D2,27D2,28D2,29D2. The van der Waals surface area contributed by atoms with E-state index in [0.717, 1.165) is 0 Å². The molecular weight excluding hydrogens is 528 g/mol. The Hall–Kier alpha value is -2.37. The van der Waals surface area contributed by atoms with Gasteiger partial charge in [-0.25, -0.2) is 14.4 Å². The minimum Gasteiger partial charge on any atom is -0.462 e. The van der Waals surface area contributed by atoms with Gasteiger partial charge in [-0.1, -0.05) is 135 Å². The van der Waals surface area contributed by atoms with Crippen LogP contribution in [0.5, 0.6) is 0 Å². The molecular formula is C36H60O6. The van der Waals surface area contributed by atoms with E-state index < -0.39 is 215 Å². The maximum atomic E-state index is 14.3. The summed E-state index contributed by atoms with van der Waals surface area (Å²) in [4.78, 5) is 42.3. The molecule has 0 radical (unpaired) electrons. The van der Waals surface area contributed by atoms with Crippen molar-refractivity contribution in [3.05, 3.63) is 34.9 Å². The number of carbonyl (C=O) groups excluding carboxylic acids is 3. The molecule has 0 saturated carbocycles. The zero-order valence-electron chi connectivity index (χ0n) is 77.7. The number of carbonyl (C=O) groups is 3. The van der Waals surface area contributed by atoms with E-state index in [1.54, 1.807) is 0 Å². The molecule has 0 saturated heterocycles. The molecule has 1 rings (SSSR count). The van der Waals surface area contributed by atoms with E-state index >= 15 is 0 Å². The monoisotopic (exact) mass is 646 g/mol. The maximum Gasteiger partial charge on any atom is 0.339 e. The second kappa shape index (κ2) is 26.3.